The maximum atomic E-state index is 3.68. The fourth-order valence-electron chi connectivity index (χ4n) is 2.50. The predicted molar refractivity (Wildman–Crippen MR) is 68.3 cm³/mol. The fourth-order valence-corrected chi connectivity index (χ4v) is 2.50. The molecular formula is C14H22N2. The van der Waals surface area contributed by atoms with Gasteiger partial charge in [-0.3, -0.25) is 0 Å². The molecule has 2 atom stereocenters. The molecule has 2 heteroatoms. The van der Waals surface area contributed by atoms with Crippen LogP contribution in [-0.4, -0.2) is 31.1 Å². The molecule has 2 nitrogen and oxygen atoms in total. The monoisotopic (exact) mass is 218 g/mol. The van der Waals surface area contributed by atoms with Crippen molar-refractivity contribution in [2.75, 3.05) is 20.1 Å². The molecule has 1 aromatic carbocycles. The fraction of sp³-hybridized carbons (Fsp3) is 0.571. The van der Waals surface area contributed by atoms with Crippen molar-refractivity contribution in [3.63, 3.8) is 0 Å². The van der Waals surface area contributed by atoms with Crippen LogP contribution in [0, 0.1) is 5.92 Å². The molecular weight excluding hydrogens is 196 g/mol. The van der Waals surface area contributed by atoms with Crippen LogP contribution >= 0.6 is 0 Å². The summed E-state index contributed by atoms with van der Waals surface area (Å²) >= 11 is 0. The van der Waals surface area contributed by atoms with Crippen LogP contribution < -0.4 is 5.32 Å². The molecule has 2 unspecified atom stereocenters. The van der Waals surface area contributed by atoms with E-state index in [0.29, 0.717) is 6.04 Å². The highest BCUT2D eigenvalue weighted by atomic mass is 15.1. The van der Waals surface area contributed by atoms with Crippen molar-refractivity contribution in [2.45, 2.75) is 25.9 Å². The Morgan fingerprint density at radius 3 is 2.75 bits per heavy atom. The number of nitrogens with zero attached hydrogens (tertiary/aromatic N) is 1. The van der Waals surface area contributed by atoms with Gasteiger partial charge in [0.15, 0.2) is 0 Å². The van der Waals surface area contributed by atoms with Crippen LogP contribution in [-0.2, 0) is 6.54 Å². The first kappa shape index (κ1) is 11.6. The highest BCUT2D eigenvalue weighted by Crippen LogP contribution is 2.15. The van der Waals surface area contributed by atoms with Crippen LogP contribution in [0.25, 0.3) is 0 Å². The van der Waals surface area contributed by atoms with Crippen LogP contribution in [0.2, 0.25) is 0 Å². The molecule has 1 aliphatic heterocycles. The number of benzene rings is 1. The topological polar surface area (TPSA) is 15.3 Å². The quantitative estimate of drug-likeness (QED) is 0.836. The van der Waals surface area contributed by atoms with Gasteiger partial charge in [-0.05, 0) is 31.5 Å². The zero-order valence-corrected chi connectivity index (χ0v) is 10.3. The molecule has 0 spiro atoms. The summed E-state index contributed by atoms with van der Waals surface area (Å²) in [6.07, 6.45) is 1.27. The largest absolute Gasteiger partial charge is 0.310 e. The number of hydrogen-bond donors (Lipinski definition) is 1. The summed E-state index contributed by atoms with van der Waals surface area (Å²) in [4.78, 5) is 2.42. The van der Waals surface area contributed by atoms with Crippen molar-refractivity contribution in [2.24, 2.45) is 5.92 Å². The van der Waals surface area contributed by atoms with Gasteiger partial charge in [0, 0.05) is 19.1 Å². The molecule has 1 heterocycles. The Labute approximate surface area is 98.7 Å². The first-order chi connectivity index (χ1) is 7.75. The highest BCUT2D eigenvalue weighted by molar-refractivity contribution is 5.14. The van der Waals surface area contributed by atoms with E-state index >= 15 is 0 Å². The summed E-state index contributed by atoms with van der Waals surface area (Å²) in [6, 6.07) is 11.3. The van der Waals surface area contributed by atoms with Crippen LogP contribution in [0.5, 0.6) is 0 Å². The minimum atomic E-state index is 0.677. The number of rotatable bonds is 3. The summed E-state index contributed by atoms with van der Waals surface area (Å²) in [5, 5.41) is 3.68. The Kier molecular flexibility index (Phi) is 3.97. The lowest BCUT2D eigenvalue weighted by Crippen LogP contribution is -2.46. The molecule has 0 amide bonds. The molecule has 1 fully saturated rings. The molecule has 1 saturated heterocycles. The van der Waals surface area contributed by atoms with Gasteiger partial charge < -0.3 is 10.2 Å². The Bertz CT molecular complexity index is 310. The Hall–Kier alpha value is -0.860. The van der Waals surface area contributed by atoms with E-state index in [9.17, 15) is 0 Å². The van der Waals surface area contributed by atoms with Crippen molar-refractivity contribution < 1.29 is 0 Å². The number of hydrogen-bond acceptors (Lipinski definition) is 2. The van der Waals surface area contributed by atoms with Gasteiger partial charge in [-0.1, -0.05) is 37.3 Å². The molecule has 0 radical (unpaired) electrons. The standard InChI is InChI=1S/C14H22N2/c1-12-11-16(2)9-8-14(12)15-10-13-6-4-3-5-7-13/h3-7,12,14-15H,8-11H2,1-2H3. The first-order valence-corrected chi connectivity index (χ1v) is 6.21. The summed E-state index contributed by atoms with van der Waals surface area (Å²) in [6.45, 7) is 5.78. The van der Waals surface area contributed by atoms with Crippen molar-refractivity contribution in [3.8, 4) is 0 Å². The van der Waals surface area contributed by atoms with Gasteiger partial charge in [-0.25, -0.2) is 0 Å². The van der Waals surface area contributed by atoms with E-state index in [0.717, 1.165) is 12.5 Å². The lowest BCUT2D eigenvalue weighted by Gasteiger charge is -2.35. The van der Waals surface area contributed by atoms with Crippen LogP contribution in [0.4, 0.5) is 0 Å². The van der Waals surface area contributed by atoms with E-state index in [2.05, 4.69) is 54.5 Å². The maximum Gasteiger partial charge on any atom is 0.0208 e. The molecule has 1 aliphatic rings. The van der Waals surface area contributed by atoms with Gasteiger partial charge in [0.2, 0.25) is 0 Å². The second kappa shape index (κ2) is 5.46. The van der Waals surface area contributed by atoms with Gasteiger partial charge in [0.25, 0.3) is 0 Å². The summed E-state index contributed by atoms with van der Waals surface area (Å²) in [7, 11) is 2.21. The molecule has 1 N–H and O–H groups in total. The van der Waals surface area contributed by atoms with Gasteiger partial charge in [-0.2, -0.15) is 0 Å². The first-order valence-electron chi connectivity index (χ1n) is 6.21. The van der Waals surface area contributed by atoms with Crippen molar-refractivity contribution in [3.05, 3.63) is 35.9 Å². The second-order valence-corrected chi connectivity index (χ2v) is 5.00. The smallest absolute Gasteiger partial charge is 0.0208 e. The Morgan fingerprint density at radius 1 is 1.31 bits per heavy atom. The summed E-state index contributed by atoms with van der Waals surface area (Å²) in [5.41, 5.74) is 1.38. The van der Waals surface area contributed by atoms with Crippen LogP contribution in [0.1, 0.15) is 18.9 Å². The third kappa shape index (κ3) is 3.06. The van der Waals surface area contributed by atoms with E-state index in [1.54, 1.807) is 0 Å². The Balaban J connectivity index is 1.82. The summed E-state index contributed by atoms with van der Waals surface area (Å²) < 4.78 is 0. The average molecular weight is 218 g/mol. The van der Waals surface area contributed by atoms with E-state index < -0.39 is 0 Å². The van der Waals surface area contributed by atoms with Crippen molar-refractivity contribution in [1.29, 1.82) is 0 Å². The van der Waals surface area contributed by atoms with E-state index in [-0.39, 0.29) is 0 Å². The molecule has 88 valence electrons. The van der Waals surface area contributed by atoms with Crippen LogP contribution in [0.3, 0.4) is 0 Å². The van der Waals surface area contributed by atoms with Gasteiger partial charge in [0.05, 0.1) is 0 Å². The molecule has 0 aliphatic carbocycles. The van der Waals surface area contributed by atoms with Crippen LogP contribution in [0.15, 0.2) is 30.3 Å². The average Bonchev–Trinajstić information content (AvgIpc) is 2.29. The second-order valence-electron chi connectivity index (χ2n) is 5.00. The van der Waals surface area contributed by atoms with Crippen molar-refractivity contribution >= 4 is 0 Å². The van der Waals surface area contributed by atoms with Gasteiger partial charge in [0.1, 0.15) is 0 Å². The molecule has 0 aromatic heterocycles. The number of piperidine rings is 1. The zero-order chi connectivity index (χ0) is 11.4. The Morgan fingerprint density at radius 2 is 2.06 bits per heavy atom. The van der Waals surface area contributed by atoms with E-state index in [4.69, 9.17) is 0 Å². The number of nitrogens with one attached hydrogen (secondary N) is 1. The third-order valence-corrected chi connectivity index (χ3v) is 3.52. The van der Waals surface area contributed by atoms with E-state index in [1.165, 1.54) is 25.1 Å². The SMILES string of the molecule is CC1CN(C)CCC1NCc1ccccc1. The van der Waals surface area contributed by atoms with E-state index in [1.807, 2.05) is 0 Å². The highest BCUT2D eigenvalue weighted by Gasteiger charge is 2.23. The molecule has 1 aromatic rings. The van der Waals surface area contributed by atoms with Crippen molar-refractivity contribution in [1.82, 2.24) is 10.2 Å². The summed E-state index contributed by atoms with van der Waals surface area (Å²) in [5.74, 6) is 0.752. The van der Waals surface area contributed by atoms with Gasteiger partial charge >= 0.3 is 0 Å². The molecule has 0 saturated carbocycles. The lowest BCUT2D eigenvalue weighted by molar-refractivity contribution is 0.174. The molecule has 2 rings (SSSR count). The zero-order valence-electron chi connectivity index (χ0n) is 10.3. The minimum Gasteiger partial charge on any atom is -0.310 e. The minimum absolute atomic E-state index is 0.677. The lowest BCUT2D eigenvalue weighted by atomic mass is 9.94. The predicted octanol–water partition coefficient (Wildman–Crippen LogP) is 2.12. The normalized spacial score (nSPS) is 26.9. The third-order valence-electron chi connectivity index (χ3n) is 3.52. The molecule has 0 bridgehead atoms. The maximum absolute atomic E-state index is 3.68. The van der Waals surface area contributed by atoms with Gasteiger partial charge in [-0.15, -0.1) is 0 Å². The molecule has 16 heavy (non-hydrogen) atoms. The number of likely N-dealkylation sites (tertiary alicyclic amines) is 1.